The van der Waals surface area contributed by atoms with Gasteiger partial charge in [-0.3, -0.25) is 4.79 Å². The van der Waals surface area contributed by atoms with Crippen molar-refractivity contribution in [3.63, 3.8) is 0 Å². The van der Waals surface area contributed by atoms with Crippen molar-refractivity contribution in [1.82, 2.24) is 10.0 Å². The second-order valence-electron chi connectivity index (χ2n) is 5.52. The van der Waals surface area contributed by atoms with Gasteiger partial charge >= 0.3 is 5.97 Å². The predicted molar refractivity (Wildman–Crippen MR) is 93.9 cm³/mol. The van der Waals surface area contributed by atoms with Crippen LogP contribution in [0.3, 0.4) is 0 Å². The molecular weight excluding hydrogens is 364 g/mol. The lowest BCUT2D eigenvalue weighted by molar-refractivity contribution is -0.141. The number of nitrogens with one attached hydrogen (secondary N) is 2. The average molecular weight is 382 g/mol. The molecule has 134 valence electrons. The highest BCUT2D eigenvalue weighted by Gasteiger charge is 2.24. The molecule has 1 heterocycles. The van der Waals surface area contributed by atoms with Crippen molar-refractivity contribution in [1.29, 1.82) is 0 Å². The molecule has 1 atom stereocenters. The van der Waals surface area contributed by atoms with Crippen LogP contribution in [0.2, 0.25) is 0 Å². The number of thiophene rings is 1. The summed E-state index contributed by atoms with van der Waals surface area (Å²) in [6.07, 6.45) is 0. The van der Waals surface area contributed by atoms with Crippen LogP contribution in [0.4, 0.5) is 0 Å². The third-order valence-electron chi connectivity index (χ3n) is 3.31. The zero-order valence-electron chi connectivity index (χ0n) is 13.6. The molecule has 9 heteroatoms. The standard InChI is InChI=1S/C16H18N2O5S2/c1-10-6-11(2)8-12(7-10)15(16(20)21)18-13(19)9-17-25(22,23)14-4-3-5-24-14/h3-8,15,17H,9H2,1-2H3,(H,18,19)(H,20,21). The van der Waals surface area contributed by atoms with Crippen LogP contribution in [0.25, 0.3) is 0 Å². The van der Waals surface area contributed by atoms with Gasteiger partial charge in [0.1, 0.15) is 4.21 Å². The summed E-state index contributed by atoms with van der Waals surface area (Å²) in [6, 6.07) is 6.97. The zero-order chi connectivity index (χ0) is 18.6. The van der Waals surface area contributed by atoms with Gasteiger partial charge in [0, 0.05) is 0 Å². The Labute approximate surface area is 149 Å². The fourth-order valence-electron chi connectivity index (χ4n) is 2.32. The average Bonchev–Trinajstić information content (AvgIpc) is 3.04. The van der Waals surface area contributed by atoms with E-state index in [9.17, 15) is 23.1 Å². The number of hydrogen-bond acceptors (Lipinski definition) is 5. The molecule has 0 saturated heterocycles. The smallest absolute Gasteiger partial charge is 0.330 e. The fourth-order valence-corrected chi connectivity index (χ4v) is 4.34. The van der Waals surface area contributed by atoms with E-state index in [1.54, 1.807) is 23.6 Å². The molecule has 1 aromatic carbocycles. The molecule has 0 bridgehead atoms. The molecule has 0 saturated carbocycles. The van der Waals surface area contributed by atoms with Crippen molar-refractivity contribution in [3.8, 4) is 0 Å². The topological polar surface area (TPSA) is 113 Å². The van der Waals surface area contributed by atoms with Crippen LogP contribution in [0.5, 0.6) is 0 Å². The van der Waals surface area contributed by atoms with Crippen molar-refractivity contribution in [3.05, 3.63) is 52.4 Å². The number of amides is 1. The molecule has 0 aliphatic rings. The van der Waals surface area contributed by atoms with Gasteiger partial charge in [-0.25, -0.2) is 17.9 Å². The third-order valence-corrected chi connectivity index (χ3v) is 6.11. The summed E-state index contributed by atoms with van der Waals surface area (Å²) in [5.74, 6) is -1.95. The van der Waals surface area contributed by atoms with Gasteiger partial charge in [-0.1, -0.05) is 35.4 Å². The SMILES string of the molecule is Cc1cc(C)cc(C(NC(=O)CNS(=O)(=O)c2cccs2)C(=O)O)c1. The van der Waals surface area contributed by atoms with Crippen LogP contribution in [-0.4, -0.2) is 31.9 Å². The Balaban J connectivity index is 2.07. The number of sulfonamides is 1. The lowest BCUT2D eigenvalue weighted by Gasteiger charge is -2.16. The van der Waals surface area contributed by atoms with Crippen molar-refractivity contribution in [2.75, 3.05) is 6.54 Å². The molecule has 0 aliphatic carbocycles. The summed E-state index contributed by atoms with van der Waals surface area (Å²) >= 11 is 1.02. The molecule has 0 fully saturated rings. The molecule has 0 radical (unpaired) electrons. The molecule has 1 aromatic heterocycles. The monoisotopic (exact) mass is 382 g/mol. The van der Waals surface area contributed by atoms with E-state index in [-0.39, 0.29) is 4.21 Å². The molecule has 1 unspecified atom stereocenters. The maximum absolute atomic E-state index is 12.0. The number of rotatable bonds is 7. The minimum atomic E-state index is -3.79. The Hall–Kier alpha value is -2.23. The third kappa shape index (κ3) is 5.12. The minimum absolute atomic E-state index is 0.0874. The van der Waals surface area contributed by atoms with Crippen molar-refractivity contribution in [2.45, 2.75) is 24.1 Å². The van der Waals surface area contributed by atoms with E-state index in [2.05, 4.69) is 10.0 Å². The van der Waals surface area contributed by atoms with Crippen LogP contribution in [-0.2, 0) is 19.6 Å². The minimum Gasteiger partial charge on any atom is -0.479 e. The van der Waals surface area contributed by atoms with Gasteiger partial charge in [-0.2, -0.15) is 0 Å². The number of hydrogen-bond donors (Lipinski definition) is 3. The predicted octanol–water partition coefficient (Wildman–Crippen LogP) is 1.59. The number of benzene rings is 1. The summed E-state index contributed by atoms with van der Waals surface area (Å²) in [4.78, 5) is 23.5. The van der Waals surface area contributed by atoms with Crippen molar-refractivity contribution >= 4 is 33.2 Å². The first-order valence-electron chi connectivity index (χ1n) is 7.32. The highest BCUT2D eigenvalue weighted by atomic mass is 32.2. The Kier molecular flexibility index (Phi) is 5.93. The number of aryl methyl sites for hydroxylation is 2. The maximum Gasteiger partial charge on any atom is 0.330 e. The van der Waals surface area contributed by atoms with E-state index in [1.807, 2.05) is 19.9 Å². The molecule has 25 heavy (non-hydrogen) atoms. The van der Waals surface area contributed by atoms with Gasteiger partial charge in [-0.15, -0.1) is 11.3 Å². The zero-order valence-corrected chi connectivity index (χ0v) is 15.3. The van der Waals surface area contributed by atoms with E-state index in [4.69, 9.17) is 0 Å². The Morgan fingerprint density at radius 3 is 2.36 bits per heavy atom. The molecule has 0 spiro atoms. The molecule has 1 amide bonds. The van der Waals surface area contributed by atoms with E-state index >= 15 is 0 Å². The van der Waals surface area contributed by atoms with Gasteiger partial charge in [0.2, 0.25) is 5.91 Å². The van der Waals surface area contributed by atoms with Crippen LogP contribution < -0.4 is 10.0 Å². The van der Waals surface area contributed by atoms with Crippen molar-refractivity contribution in [2.24, 2.45) is 0 Å². The second-order valence-corrected chi connectivity index (χ2v) is 8.46. The molecule has 7 nitrogen and oxygen atoms in total. The van der Waals surface area contributed by atoms with E-state index in [0.717, 1.165) is 22.5 Å². The largest absolute Gasteiger partial charge is 0.479 e. The van der Waals surface area contributed by atoms with Crippen LogP contribution in [0.1, 0.15) is 22.7 Å². The molecular formula is C16H18N2O5S2. The molecule has 3 N–H and O–H groups in total. The maximum atomic E-state index is 12.0. The lowest BCUT2D eigenvalue weighted by Crippen LogP contribution is -2.40. The fraction of sp³-hybridized carbons (Fsp3) is 0.250. The summed E-state index contributed by atoms with van der Waals surface area (Å²) < 4.78 is 26.2. The number of carboxylic acids is 1. The summed E-state index contributed by atoms with van der Waals surface area (Å²) in [7, 11) is -3.79. The van der Waals surface area contributed by atoms with Gasteiger partial charge in [0.25, 0.3) is 10.0 Å². The lowest BCUT2D eigenvalue weighted by atomic mass is 10.0. The molecule has 0 aliphatic heterocycles. The highest BCUT2D eigenvalue weighted by molar-refractivity contribution is 7.91. The van der Waals surface area contributed by atoms with Crippen LogP contribution >= 0.6 is 11.3 Å². The van der Waals surface area contributed by atoms with Crippen molar-refractivity contribution < 1.29 is 23.1 Å². The second kappa shape index (κ2) is 7.77. The van der Waals surface area contributed by atoms with E-state index in [1.165, 1.54) is 6.07 Å². The van der Waals surface area contributed by atoms with Gasteiger partial charge in [0.15, 0.2) is 6.04 Å². The Morgan fingerprint density at radius 1 is 1.20 bits per heavy atom. The summed E-state index contributed by atoms with van der Waals surface area (Å²) in [5.41, 5.74) is 2.17. The molecule has 2 aromatic rings. The summed E-state index contributed by atoms with van der Waals surface area (Å²) in [5, 5.41) is 13.3. The number of aliphatic carboxylic acids is 1. The Bertz CT molecular complexity index is 856. The number of carbonyl (C=O) groups is 2. The summed E-state index contributed by atoms with van der Waals surface area (Å²) in [6.45, 7) is 3.10. The number of carbonyl (C=O) groups excluding carboxylic acids is 1. The Morgan fingerprint density at radius 2 is 1.84 bits per heavy atom. The first-order chi connectivity index (χ1) is 11.7. The normalized spacial score (nSPS) is 12.6. The van der Waals surface area contributed by atoms with Gasteiger partial charge in [-0.05, 0) is 30.9 Å². The van der Waals surface area contributed by atoms with Gasteiger partial charge < -0.3 is 10.4 Å². The quantitative estimate of drug-likeness (QED) is 0.673. The first kappa shape index (κ1) is 19.1. The molecule has 2 rings (SSSR count). The van der Waals surface area contributed by atoms with E-state index in [0.29, 0.717) is 5.56 Å². The van der Waals surface area contributed by atoms with Crippen LogP contribution in [0, 0.1) is 13.8 Å². The first-order valence-corrected chi connectivity index (χ1v) is 9.69. The van der Waals surface area contributed by atoms with Crippen LogP contribution in [0.15, 0.2) is 39.9 Å². The van der Waals surface area contributed by atoms with E-state index < -0.39 is 34.5 Å². The highest BCUT2D eigenvalue weighted by Crippen LogP contribution is 2.18. The number of carboxylic acid groups (broad SMARTS) is 1. The van der Waals surface area contributed by atoms with Gasteiger partial charge in [0.05, 0.1) is 6.54 Å².